The van der Waals surface area contributed by atoms with Gasteiger partial charge in [-0.15, -0.1) is 0 Å². The van der Waals surface area contributed by atoms with Gasteiger partial charge in [0.15, 0.2) is 11.6 Å². The lowest BCUT2D eigenvalue weighted by Gasteiger charge is -2.21. The Kier molecular flexibility index (Phi) is 6.96. The van der Waals surface area contributed by atoms with E-state index >= 15 is 0 Å². The van der Waals surface area contributed by atoms with E-state index in [0.29, 0.717) is 36.2 Å². The molecule has 1 aliphatic rings. The zero-order valence-electron chi connectivity index (χ0n) is 18.6. The quantitative estimate of drug-likeness (QED) is 0.306. The van der Waals surface area contributed by atoms with Gasteiger partial charge in [-0.05, 0) is 67.6 Å². The van der Waals surface area contributed by atoms with Crippen LogP contribution < -0.4 is 9.47 Å². The Morgan fingerprint density at radius 1 is 0.743 bits per heavy atom. The van der Waals surface area contributed by atoms with Crippen LogP contribution in [0.5, 0.6) is 11.5 Å². The van der Waals surface area contributed by atoms with Gasteiger partial charge >= 0.3 is 6.11 Å². The van der Waals surface area contributed by atoms with Crippen LogP contribution >= 0.6 is 0 Å². The number of alkyl halides is 2. The van der Waals surface area contributed by atoms with Crippen LogP contribution in [-0.4, -0.2) is 6.10 Å². The summed E-state index contributed by atoms with van der Waals surface area (Å²) in [5.41, 5.74) is -2.29. The summed E-state index contributed by atoms with van der Waals surface area (Å²) in [4.78, 5) is 0. The van der Waals surface area contributed by atoms with Gasteiger partial charge in [0.25, 0.3) is 0 Å². The Morgan fingerprint density at radius 2 is 1.34 bits per heavy atom. The van der Waals surface area contributed by atoms with Crippen LogP contribution in [0.2, 0.25) is 0 Å². The van der Waals surface area contributed by atoms with Gasteiger partial charge in [0, 0.05) is 17.7 Å². The van der Waals surface area contributed by atoms with Gasteiger partial charge in [0.1, 0.15) is 34.5 Å². The van der Waals surface area contributed by atoms with E-state index in [2.05, 4.69) is 4.74 Å². The zero-order valence-corrected chi connectivity index (χ0v) is 18.6. The van der Waals surface area contributed by atoms with Crippen molar-refractivity contribution in [1.29, 1.82) is 0 Å². The first-order valence-electron chi connectivity index (χ1n) is 11.0. The second kappa shape index (κ2) is 9.79. The molecular weight excluding hydrogens is 477 g/mol. The summed E-state index contributed by atoms with van der Waals surface area (Å²) in [6, 6.07) is 6.38. The maximum atomic E-state index is 14.8. The van der Waals surface area contributed by atoms with Gasteiger partial charge in [-0.3, -0.25) is 0 Å². The zero-order chi connectivity index (χ0) is 25.3. The highest BCUT2D eigenvalue weighted by molar-refractivity contribution is 5.66. The second-order valence-electron chi connectivity index (χ2n) is 8.52. The molecular formula is C26H21F7O2. The predicted octanol–water partition coefficient (Wildman–Crippen LogP) is 8.13. The average Bonchev–Trinajstić information content (AvgIpc) is 3.30. The summed E-state index contributed by atoms with van der Waals surface area (Å²) in [6.45, 7) is 1.90. The summed E-state index contributed by atoms with van der Waals surface area (Å²) in [7, 11) is 0. The van der Waals surface area contributed by atoms with Gasteiger partial charge < -0.3 is 9.47 Å². The summed E-state index contributed by atoms with van der Waals surface area (Å²) < 4.78 is 109. The van der Waals surface area contributed by atoms with E-state index < -0.39 is 46.5 Å². The van der Waals surface area contributed by atoms with E-state index in [1.807, 2.05) is 6.92 Å². The first kappa shape index (κ1) is 24.9. The monoisotopic (exact) mass is 498 g/mol. The van der Waals surface area contributed by atoms with Crippen LogP contribution in [0.15, 0.2) is 48.5 Å². The van der Waals surface area contributed by atoms with Crippen molar-refractivity contribution in [2.24, 2.45) is 5.92 Å². The summed E-state index contributed by atoms with van der Waals surface area (Å²) in [5, 5.41) is 0. The molecule has 1 unspecified atom stereocenters. The van der Waals surface area contributed by atoms with E-state index in [-0.39, 0.29) is 23.0 Å². The summed E-state index contributed by atoms with van der Waals surface area (Å²) >= 11 is 0. The van der Waals surface area contributed by atoms with Crippen LogP contribution in [0.4, 0.5) is 30.7 Å². The minimum absolute atomic E-state index is 0.131. The van der Waals surface area contributed by atoms with Crippen LogP contribution in [0.1, 0.15) is 38.2 Å². The molecule has 0 spiro atoms. The predicted molar refractivity (Wildman–Crippen MR) is 115 cm³/mol. The summed E-state index contributed by atoms with van der Waals surface area (Å²) in [6.07, 6.45) is -0.417. The molecule has 0 aromatic heterocycles. The molecule has 0 N–H and O–H groups in total. The first-order valence-corrected chi connectivity index (χ1v) is 11.0. The number of hydrogen-bond donors (Lipinski definition) is 0. The fraction of sp³-hybridized carbons (Fsp3) is 0.308. The third-order valence-corrected chi connectivity index (χ3v) is 6.11. The molecule has 0 aliphatic heterocycles. The van der Waals surface area contributed by atoms with Gasteiger partial charge in [0.05, 0.1) is 6.10 Å². The van der Waals surface area contributed by atoms with Crippen LogP contribution in [-0.2, 0) is 6.11 Å². The van der Waals surface area contributed by atoms with Crippen molar-refractivity contribution >= 4 is 0 Å². The van der Waals surface area contributed by atoms with E-state index in [9.17, 15) is 30.7 Å². The van der Waals surface area contributed by atoms with E-state index in [0.717, 1.165) is 31.7 Å². The number of halogens is 7. The lowest BCUT2D eigenvalue weighted by atomic mass is 10.0. The molecule has 0 saturated heterocycles. The molecule has 1 aliphatic carbocycles. The molecule has 1 atom stereocenters. The molecule has 9 heteroatoms. The Morgan fingerprint density at radius 3 is 1.94 bits per heavy atom. The fourth-order valence-corrected chi connectivity index (χ4v) is 4.29. The Balaban J connectivity index is 1.57. The van der Waals surface area contributed by atoms with E-state index in [4.69, 9.17) is 4.74 Å². The molecule has 3 aromatic carbocycles. The van der Waals surface area contributed by atoms with Crippen molar-refractivity contribution in [2.75, 3.05) is 0 Å². The smallest absolute Gasteiger partial charge is 0.432 e. The molecule has 2 nitrogen and oxygen atoms in total. The van der Waals surface area contributed by atoms with E-state index in [1.165, 1.54) is 12.1 Å². The highest BCUT2D eigenvalue weighted by Gasteiger charge is 2.41. The fourth-order valence-electron chi connectivity index (χ4n) is 4.29. The lowest BCUT2D eigenvalue weighted by molar-refractivity contribution is -0.189. The number of hydrogen-bond acceptors (Lipinski definition) is 2. The molecule has 0 heterocycles. The molecule has 1 saturated carbocycles. The minimum atomic E-state index is -4.57. The maximum absolute atomic E-state index is 14.8. The largest absolute Gasteiger partial charge is 0.490 e. The summed E-state index contributed by atoms with van der Waals surface area (Å²) in [5.74, 6) is -7.28. The standard InChI is InChI=1S/C26H21F7O2/c1-14(15-4-2-3-5-15)34-17-6-8-19(21(28)12-17)16-10-23(30)25(24(31)11-16)26(32,33)35-18-7-9-20(27)22(29)13-18/h6-15H,2-5H2,1H3. The molecule has 186 valence electrons. The molecule has 4 rings (SSSR count). The normalized spacial score (nSPS) is 15.3. The topological polar surface area (TPSA) is 18.5 Å². The van der Waals surface area contributed by atoms with Gasteiger partial charge in [-0.1, -0.05) is 12.8 Å². The van der Waals surface area contributed by atoms with Crippen molar-refractivity contribution in [3.05, 3.63) is 83.2 Å². The minimum Gasteiger partial charge on any atom is -0.490 e. The van der Waals surface area contributed by atoms with Crippen LogP contribution in [0.25, 0.3) is 11.1 Å². The molecule has 35 heavy (non-hydrogen) atoms. The van der Waals surface area contributed by atoms with Crippen LogP contribution in [0.3, 0.4) is 0 Å². The van der Waals surface area contributed by atoms with Crippen molar-refractivity contribution in [1.82, 2.24) is 0 Å². The van der Waals surface area contributed by atoms with Gasteiger partial charge in [-0.25, -0.2) is 22.0 Å². The highest BCUT2D eigenvalue weighted by atomic mass is 19.3. The molecule has 3 aromatic rings. The number of rotatable bonds is 7. The number of benzene rings is 3. The van der Waals surface area contributed by atoms with Crippen molar-refractivity contribution in [2.45, 2.75) is 44.8 Å². The van der Waals surface area contributed by atoms with Gasteiger partial charge in [-0.2, -0.15) is 8.78 Å². The molecule has 0 radical (unpaired) electrons. The maximum Gasteiger partial charge on any atom is 0.432 e. The third-order valence-electron chi connectivity index (χ3n) is 6.11. The Hall–Kier alpha value is -3.23. The Labute approximate surface area is 197 Å². The SMILES string of the molecule is CC(Oc1ccc(-c2cc(F)c(C(F)(F)Oc3ccc(F)c(F)c3)c(F)c2)c(F)c1)C1CCCC1. The van der Waals surface area contributed by atoms with Crippen LogP contribution in [0, 0.1) is 35.0 Å². The number of ether oxygens (including phenoxy) is 2. The van der Waals surface area contributed by atoms with Crippen molar-refractivity contribution in [3.8, 4) is 22.6 Å². The average molecular weight is 498 g/mol. The molecule has 1 fully saturated rings. The Bertz CT molecular complexity index is 1200. The molecule has 0 amide bonds. The third kappa shape index (κ3) is 5.39. The second-order valence-corrected chi connectivity index (χ2v) is 8.52. The first-order chi connectivity index (χ1) is 16.5. The van der Waals surface area contributed by atoms with Crippen molar-refractivity contribution < 1.29 is 40.2 Å². The lowest BCUT2D eigenvalue weighted by Crippen LogP contribution is -2.25. The van der Waals surface area contributed by atoms with Gasteiger partial charge in [0.2, 0.25) is 0 Å². The van der Waals surface area contributed by atoms with Crippen molar-refractivity contribution in [3.63, 3.8) is 0 Å². The molecule has 0 bridgehead atoms. The van der Waals surface area contributed by atoms with E-state index in [1.54, 1.807) is 0 Å². The highest BCUT2D eigenvalue weighted by Crippen LogP contribution is 2.38.